The highest BCUT2D eigenvalue weighted by molar-refractivity contribution is 7.89. The Bertz CT molecular complexity index is 497. The highest BCUT2D eigenvalue weighted by atomic mass is 32.2. The molecule has 17 heavy (non-hydrogen) atoms. The SMILES string of the molecule is CCC(C)NS(=O)(=O)c1ccc(C(N)=S)nc1. The summed E-state index contributed by atoms with van der Waals surface area (Å²) >= 11 is 4.74. The van der Waals surface area contributed by atoms with Gasteiger partial charge in [0.1, 0.15) is 9.88 Å². The first-order valence-electron chi connectivity index (χ1n) is 5.15. The minimum atomic E-state index is -3.51. The van der Waals surface area contributed by atoms with E-state index in [9.17, 15) is 8.42 Å². The number of hydrogen-bond acceptors (Lipinski definition) is 4. The van der Waals surface area contributed by atoms with E-state index in [0.29, 0.717) is 5.69 Å². The summed E-state index contributed by atoms with van der Waals surface area (Å²) in [4.78, 5) is 4.14. The van der Waals surface area contributed by atoms with Crippen LogP contribution in [0, 0.1) is 0 Å². The number of pyridine rings is 1. The lowest BCUT2D eigenvalue weighted by atomic mass is 10.3. The van der Waals surface area contributed by atoms with Crippen LogP contribution in [0.1, 0.15) is 26.0 Å². The number of rotatable bonds is 5. The van der Waals surface area contributed by atoms with Gasteiger partial charge in [-0.05, 0) is 25.5 Å². The monoisotopic (exact) mass is 273 g/mol. The normalized spacial score (nSPS) is 13.3. The number of nitrogens with one attached hydrogen (secondary N) is 1. The van der Waals surface area contributed by atoms with Gasteiger partial charge in [0.2, 0.25) is 10.0 Å². The molecule has 1 unspecified atom stereocenters. The van der Waals surface area contributed by atoms with Gasteiger partial charge in [0.15, 0.2) is 0 Å². The lowest BCUT2D eigenvalue weighted by Gasteiger charge is -2.11. The van der Waals surface area contributed by atoms with Crippen molar-refractivity contribution in [1.29, 1.82) is 0 Å². The topological polar surface area (TPSA) is 85.1 Å². The second kappa shape index (κ2) is 5.52. The van der Waals surface area contributed by atoms with Gasteiger partial charge < -0.3 is 5.73 Å². The van der Waals surface area contributed by atoms with Crippen molar-refractivity contribution < 1.29 is 8.42 Å². The summed E-state index contributed by atoms with van der Waals surface area (Å²) < 4.78 is 26.3. The number of hydrogen-bond donors (Lipinski definition) is 2. The molecule has 7 heteroatoms. The van der Waals surface area contributed by atoms with Crippen LogP contribution >= 0.6 is 12.2 Å². The van der Waals surface area contributed by atoms with Crippen LogP contribution in [0.5, 0.6) is 0 Å². The van der Waals surface area contributed by atoms with Gasteiger partial charge in [-0.3, -0.25) is 4.98 Å². The Hall–Kier alpha value is -1.05. The molecule has 0 fully saturated rings. The lowest BCUT2D eigenvalue weighted by Crippen LogP contribution is -2.32. The van der Waals surface area contributed by atoms with Gasteiger partial charge in [-0.1, -0.05) is 19.1 Å². The molecule has 5 nitrogen and oxygen atoms in total. The van der Waals surface area contributed by atoms with E-state index in [2.05, 4.69) is 9.71 Å². The van der Waals surface area contributed by atoms with Gasteiger partial charge in [-0.25, -0.2) is 13.1 Å². The zero-order chi connectivity index (χ0) is 13.1. The number of nitrogens with two attached hydrogens (primary N) is 1. The quantitative estimate of drug-likeness (QED) is 0.775. The summed E-state index contributed by atoms with van der Waals surface area (Å²) in [6.45, 7) is 3.70. The molecule has 1 aromatic rings. The van der Waals surface area contributed by atoms with E-state index in [1.54, 1.807) is 6.92 Å². The maximum Gasteiger partial charge on any atom is 0.242 e. The molecule has 0 aliphatic rings. The van der Waals surface area contributed by atoms with E-state index in [-0.39, 0.29) is 15.9 Å². The smallest absolute Gasteiger partial charge is 0.242 e. The van der Waals surface area contributed by atoms with E-state index >= 15 is 0 Å². The molecule has 94 valence electrons. The van der Waals surface area contributed by atoms with Gasteiger partial charge in [0.25, 0.3) is 0 Å². The van der Waals surface area contributed by atoms with Gasteiger partial charge >= 0.3 is 0 Å². The molecule has 0 bridgehead atoms. The second-order valence-electron chi connectivity index (χ2n) is 3.67. The molecule has 0 saturated carbocycles. The Labute approximate surface area is 106 Å². The van der Waals surface area contributed by atoms with E-state index < -0.39 is 10.0 Å². The van der Waals surface area contributed by atoms with Crippen LogP contribution in [0.2, 0.25) is 0 Å². The van der Waals surface area contributed by atoms with E-state index in [1.165, 1.54) is 18.3 Å². The molecular formula is C10H15N3O2S2. The molecule has 0 aromatic carbocycles. The average molecular weight is 273 g/mol. The molecule has 0 spiro atoms. The Kier molecular flexibility index (Phi) is 4.55. The summed E-state index contributed by atoms with van der Waals surface area (Å²) in [5.41, 5.74) is 5.78. The molecule has 1 aromatic heterocycles. The first kappa shape index (κ1) is 14.0. The zero-order valence-corrected chi connectivity index (χ0v) is 11.3. The molecule has 0 aliphatic carbocycles. The summed E-state index contributed by atoms with van der Waals surface area (Å²) in [5, 5.41) is 0. The molecule has 0 aliphatic heterocycles. The molecule has 1 atom stereocenters. The first-order valence-corrected chi connectivity index (χ1v) is 7.04. The van der Waals surface area contributed by atoms with Crippen LogP contribution in [0.3, 0.4) is 0 Å². The van der Waals surface area contributed by atoms with Crippen molar-refractivity contribution in [2.24, 2.45) is 5.73 Å². The van der Waals surface area contributed by atoms with Crippen LogP contribution in [-0.2, 0) is 10.0 Å². The number of aromatic nitrogens is 1. The third-order valence-electron chi connectivity index (χ3n) is 2.27. The van der Waals surface area contributed by atoms with Crippen molar-refractivity contribution in [3.63, 3.8) is 0 Å². The largest absolute Gasteiger partial charge is 0.388 e. The van der Waals surface area contributed by atoms with Crippen molar-refractivity contribution in [3.05, 3.63) is 24.0 Å². The van der Waals surface area contributed by atoms with Crippen LogP contribution in [-0.4, -0.2) is 24.4 Å². The van der Waals surface area contributed by atoms with E-state index in [1.807, 2.05) is 6.92 Å². The number of thiocarbonyl (C=S) groups is 1. The fourth-order valence-corrected chi connectivity index (χ4v) is 2.49. The Morgan fingerprint density at radius 3 is 2.65 bits per heavy atom. The highest BCUT2D eigenvalue weighted by Gasteiger charge is 2.16. The minimum absolute atomic E-state index is 0.109. The Morgan fingerprint density at radius 2 is 2.24 bits per heavy atom. The van der Waals surface area contributed by atoms with Crippen LogP contribution < -0.4 is 10.5 Å². The predicted octanol–water partition coefficient (Wildman–Crippen LogP) is 0.793. The summed E-state index contributed by atoms with van der Waals surface area (Å²) in [7, 11) is -3.51. The molecule has 0 saturated heterocycles. The van der Waals surface area contributed by atoms with Crippen LogP contribution in [0.15, 0.2) is 23.2 Å². The summed E-state index contributed by atoms with van der Waals surface area (Å²) in [6.07, 6.45) is 1.97. The van der Waals surface area contributed by atoms with E-state index in [0.717, 1.165) is 6.42 Å². The highest BCUT2D eigenvalue weighted by Crippen LogP contribution is 2.09. The van der Waals surface area contributed by atoms with Crippen molar-refractivity contribution in [3.8, 4) is 0 Å². The van der Waals surface area contributed by atoms with Gasteiger partial charge in [0, 0.05) is 12.2 Å². The third-order valence-corrected chi connectivity index (χ3v) is 4.05. The van der Waals surface area contributed by atoms with Gasteiger partial charge in [-0.2, -0.15) is 0 Å². The maximum atomic E-state index is 11.9. The molecule has 0 amide bonds. The Balaban J connectivity index is 2.96. The van der Waals surface area contributed by atoms with Gasteiger partial charge in [-0.15, -0.1) is 0 Å². The summed E-state index contributed by atoms with van der Waals surface area (Å²) in [5.74, 6) is 0. The van der Waals surface area contributed by atoms with Gasteiger partial charge in [0.05, 0.1) is 5.69 Å². The first-order chi connectivity index (χ1) is 7.86. The van der Waals surface area contributed by atoms with Crippen molar-refractivity contribution >= 4 is 27.2 Å². The van der Waals surface area contributed by atoms with Crippen molar-refractivity contribution in [2.75, 3.05) is 0 Å². The fraction of sp³-hybridized carbons (Fsp3) is 0.400. The summed E-state index contributed by atoms with van der Waals surface area (Å²) in [6, 6.07) is 2.81. The maximum absolute atomic E-state index is 11.9. The predicted molar refractivity (Wildman–Crippen MR) is 70.2 cm³/mol. The van der Waals surface area contributed by atoms with Crippen LogP contribution in [0.25, 0.3) is 0 Å². The molecule has 3 N–H and O–H groups in total. The van der Waals surface area contributed by atoms with Crippen LogP contribution in [0.4, 0.5) is 0 Å². The van der Waals surface area contributed by atoms with Crippen molar-refractivity contribution in [1.82, 2.24) is 9.71 Å². The third kappa shape index (κ3) is 3.72. The number of nitrogens with zero attached hydrogens (tertiary/aromatic N) is 1. The Morgan fingerprint density at radius 1 is 1.59 bits per heavy atom. The fourth-order valence-electron chi connectivity index (χ4n) is 1.10. The van der Waals surface area contributed by atoms with Crippen molar-refractivity contribution in [2.45, 2.75) is 31.2 Å². The lowest BCUT2D eigenvalue weighted by molar-refractivity contribution is 0.555. The standard InChI is InChI=1S/C10H15N3O2S2/c1-3-7(2)13-17(14,15)8-4-5-9(10(11)16)12-6-8/h4-7,13H,3H2,1-2H3,(H2,11,16). The molecular weight excluding hydrogens is 258 g/mol. The molecule has 1 heterocycles. The molecule has 1 rings (SSSR count). The zero-order valence-electron chi connectivity index (χ0n) is 9.67. The van der Waals surface area contributed by atoms with E-state index in [4.69, 9.17) is 18.0 Å². The number of sulfonamides is 1. The average Bonchev–Trinajstić information content (AvgIpc) is 2.28. The molecule has 0 radical (unpaired) electrons. The minimum Gasteiger partial charge on any atom is -0.388 e. The second-order valence-corrected chi connectivity index (χ2v) is 5.83.